The third-order valence-electron chi connectivity index (χ3n) is 7.66. The molecule has 2 N–H and O–H groups in total. The second-order valence-electron chi connectivity index (χ2n) is 8.75. The molecule has 2 saturated carbocycles. The molecule has 1 saturated heterocycles. The Kier molecular flexibility index (Phi) is 2.49. The summed E-state index contributed by atoms with van der Waals surface area (Å²) in [5.74, 6) is 1.77. The van der Waals surface area contributed by atoms with Crippen LogP contribution >= 0.6 is 0 Å². The van der Waals surface area contributed by atoms with E-state index in [0.717, 1.165) is 56.7 Å². The summed E-state index contributed by atoms with van der Waals surface area (Å²) in [6, 6.07) is 4.07. The summed E-state index contributed by atoms with van der Waals surface area (Å²) in [6.07, 6.45) is 7.47. The Morgan fingerprint density at radius 1 is 1.21 bits per heavy atom. The number of phenolic OH excluding ortho intramolecular Hbond substituents is 1. The summed E-state index contributed by atoms with van der Waals surface area (Å²) in [6.45, 7) is 2.20. The zero-order valence-electron chi connectivity index (χ0n) is 14.0. The van der Waals surface area contributed by atoms with Crippen LogP contribution in [0.2, 0.25) is 0 Å². The Balaban J connectivity index is 1.56. The molecular weight excluding hydrogens is 302 g/mol. The average Bonchev–Trinajstić information content (AvgIpc) is 3.30. The molecule has 0 amide bonds. The van der Waals surface area contributed by atoms with Crippen molar-refractivity contribution in [3.63, 3.8) is 0 Å². The van der Waals surface area contributed by atoms with Crippen molar-refractivity contribution in [2.75, 3.05) is 13.1 Å². The zero-order valence-corrected chi connectivity index (χ0v) is 14.0. The van der Waals surface area contributed by atoms with Crippen molar-refractivity contribution in [2.24, 2.45) is 5.92 Å². The van der Waals surface area contributed by atoms with Crippen molar-refractivity contribution in [3.8, 4) is 11.5 Å². The van der Waals surface area contributed by atoms with E-state index in [1.165, 1.54) is 18.4 Å². The number of phenols is 1. The second kappa shape index (κ2) is 4.28. The fourth-order valence-corrected chi connectivity index (χ4v) is 6.48. The van der Waals surface area contributed by atoms with E-state index in [1.54, 1.807) is 6.07 Å². The number of ether oxygens (including phenoxy) is 1. The normalized spacial score (nSPS) is 42.5. The SMILES string of the molecule is Oc1ccc2c3c1O[C@H]1CCC[C@@]4(O)C(C2)N(CC2CC2)CC[C@]314. The predicted molar refractivity (Wildman–Crippen MR) is 89.4 cm³/mol. The quantitative estimate of drug-likeness (QED) is 0.875. The number of rotatable bonds is 2. The van der Waals surface area contributed by atoms with Crippen LogP contribution in [-0.2, 0) is 11.8 Å². The van der Waals surface area contributed by atoms with Crippen LogP contribution in [0, 0.1) is 5.92 Å². The minimum absolute atomic E-state index is 0.0316. The topological polar surface area (TPSA) is 52.9 Å². The van der Waals surface area contributed by atoms with E-state index >= 15 is 0 Å². The largest absolute Gasteiger partial charge is 0.504 e. The van der Waals surface area contributed by atoms with Crippen LogP contribution in [0.25, 0.3) is 0 Å². The first-order valence-corrected chi connectivity index (χ1v) is 9.62. The van der Waals surface area contributed by atoms with Crippen molar-refractivity contribution in [1.29, 1.82) is 0 Å². The Labute approximate surface area is 142 Å². The molecule has 1 aromatic carbocycles. The first kappa shape index (κ1) is 14.0. The monoisotopic (exact) mass is 327 g/mol. The third-order valence-corrected chi connectivity index (χ3v) is 7.66. The molecule has 3 aliphatic carbocycles. The van der Waals surface area contributed by atoms with Gasteiger partial charge in [-0.2, -0.15) is 0 Å². The fraction of sp³-hybridized carbons (Fsp3) is 0.700. The van der Waals surface area contributed by atoms with Gasteiger partial charge in [0.15, 0.2) is 11.5 Å². The van der Waals surface area contributed by atoms with Gasteiger partial charge in [-0.3, -0.25) is 4.90 Å². The van der Waals surface area contributed by atoms with E-state index in [0.29, 0.717) is 5.75 Å². The lowest BCUT2D eigenvalue weighted by molar-refractivity contribution is -0.185. The molecule has 4 heteroatoms. The minimum atomic E-state index is -0.699. The Morgan fingerprint density at radius 3 is 2.92 bits per heavy atom. The van der Waals surface area contributed by atoms with Crippen molar-refractivity contribution < 1.29 is 14.9 Å². The number of hydrogen-bond acceptors (Lipinski definition) is 4. The predicted octanol–water partition coefficient (Wildman–Crippen LogP) is 2.35. The molecule has 2 aliphatic heterocycles. The molecule has 1 aromatic rings. The lowest BCUT2D eigenvalue weighted by Gasteiger charge is -2.63. The van der Waals surface area contributed by atoms with E-state index in [2.05, 4.69) is 11.0 Å². The highest BCUT2D eigenvalue weighted by atomic mass is 16.5. The van der Waals surface area contributed by atoms with Crippen molar-refractivity contribution >= 4 is 0 Å². The fourth-order valence-electron chi connectivity index (χ4n) is 6.48. The lowest BCUT2D eigenvalue weighted by Crippen LogP contribution is -2.75. The van der Waals surface area contributed by atoms with Gasteiger partial charge in [0.05, 0.1) is 11.0 Å². The van der Waals surface area contributed by atoms with Gasteiger partial charge in [-0.25, -0.2) is 0 Å². The van der Waals surface area contributed by atoms with Crippen LogP contribution in [0.15, 0.2) is 12.1 Å². The Hall–Kier alpha value is -1.26. The molecule has 24 heavy (non-hydrogen) atoms. The summed E-state index contributed by atoms with van der Waals surface area (Å²) in [5.41, 5.74) is 1.45. The number of nitrogens with zero attached hydrogens (tertiary/aromatic N) is 1. The highest BCUT2D eigenvalue weighted by Crippen LogP contribution is 2.65. The van der Waals surface area contributed by atoms with Gasteiger partial charge in [-0.15, -0.1) is 0 Å². The molecule has 128 valence electrons. The van der Waals surface area contributed by atoms with E-state index < -0.39 is 5.60 Å². The van der Waals surface area contributed by atoms with Gasteiger partial charge in [0.1, 0.15) is 6.10 Å². The van der Waals surface area contributed by atoms with E-state index in [-0.39, 0.29) is 23.3 Å². The molecular formula is C20H25NO3. The molecule has 4 nitrogen and oxygen atoms in total. The van der Waals surface area contributed by atoms with Crippen molar-refractivity contribution in [2.45, 2.75) is 68.1 Å². The maximum absolute atomic E-state index is 12.0. The van der Waals surface area contributed by atoms with Crippen molar-refractivity contribution in [3.05, 3.63) is 23.3 Å². The van der Waals surface area contributed by atoms with Gasteiger partial charge < -0.3 is 14.9 Å². The smallest absolute Gasteiger partial charge is 0.165 e. The number of benzene rings is 1. The van der Waals surface area contributed by atoms with Crippen LogP contribution in [-0.4, -0.2) is 45.9 Å². The molecule has 1 unspecified atom stereocenters. The molecule has 2 heterocycles. The maximum Gasteiger partial charge on any atom is 0.165 e. The van der Waals surface area contributed by atoms with E-state index in [9.17, 15) is 10.2 Å². The molecule has 5 aliphatic rings. The van der Waals surface area contributed by atoms with Crippen LogP contribution in [0.3, 0.4) is 0 Å². The summed E-state index contributed by atoms with van der Waals surface area (Å²) in [4.78, 5) is 2.58. The summed E-state index contributed by atoms with van der Waals surface area (Å²) >= 11 is 0. The van der Waals surface area contributed by atoms with E-state index in [1.807, 2.05) is 0 Å². The van der Waals surface area contributed by atoms with Gasteiger partial charge in [0.2, 0.25) is 0 Å². The van der Waals surface area contributed by atoms with Crippen LogP contribution < -0.4 is 4.74 Å². The van der Waals surface area contributed by atoms with Crippen LogP contribution in [0.5, 0.6) is 11.5 Å². The average molecular weight is 327 g/mol. The maximum atomic E-state index is 12.0. The van der Waals surface area contributed by atoms with E-state index in [4.69, 9.17) is 4.74 Å². The molecule has 2 bridgehead atoms. The van der Waals surface area contributed by atoms with Gasteiger partial charge >= 0.3 is 0 Å². The number of piperidine rings is 1. The number of aliphatic hydroxyl groups is 1. The third kappa shape index (κ3) is 1.45. The summed E-state index contributed by atoms with van der Waals surface area (Å²) in [5, 5.41) is 22.4. The van der Waals surface area contributed by atoms with Crippen LogP contribution in [0.1, 0.15) is 49.7 Å². The van der Waals surface area contributed by atoms with Crippen molar-refractivity contribution in [1.82, 2.24) is 4.90 Å². The first-order valence-electron chi connectivity index (χ1n) is 9.62. The molecule has 1 spiro atoms. The number of hydrogen-bond donors (Lipinski definition) is 2. The van der Waals surface area contributed by atoms with Gasteiger partial charge in [-0.05, 0) is 69.0 Å². The number of aromatic hydroxyl groups is 1. The molecule has 0 aromatic heterocycles. The van der Waals surface area contributed by atoms with Gasteiger partial charge in [0, 0.05) is 18.2 Å². The molecule has 4 atom stereocenters. The standard InChI is InChI=1S/C20H25NO3/c22-14-6-5-13-10-15-20(23)7-1-2-16-19(20,17(13)18(14)24-16)8-9-21(15)11-12-3-4-12/h5-6,12,15-16,22-23H,1-4,7-11H2/t15?,16-,19+,20+/m0/s1. The van der Waals surface area contributed by atoms with Crippen LogP contribution in [0.4, 0.5) is 0 Å². The Bertz CT molecular complexity index is 730. The summed E-state index contributed by atoms with van der Waals surface area (Å²) in [7, 11) is 0. The highest BCUT2D eigenvalue weighted by molar-refractivity contribution is 5.62. The lowest BCUT2D eigenvalue weighted by atomic mass is 9.49. The van der Waals surface area contributed by atoms with Gasteiger partial charge in [-0.1, -0.05) is 6.07 Å². The molecule has 0 radical (unpaired) electrons. The second-order valence-corrected chi connectivity index (χ2v) is 8.75. The summed E-state index contributed by atoms with van der Waals surface area (Å²) < 4.78 is 6.27. The molecule has 3 fully saturated rings. The first-order chi connectivity index (χ1) is 11.6. The number of likely N-dealkylation sites (tertiary alicyclic amines) is 1. The zero-order chi connectivity index (χ0) is 16.1. The minimum Gasteiger partial charge on any atom is -0.504 e. The Morgan fingerprint density at radius 2 is 2.08 bits per heavy atom. The van der Waals surface area contributed by atoms with Gasteiger partial charge in [0.25, 0.3) is 0 Å². The highest BCUT2D eigenvalue weighted by Gasteiger charge is 2.71. The molecule has 6 rings (SSSR count).